The molecule has 2 aromatic rings. The predicted octanol–water partition coefficient (Wildman–Crippen LogP) is 4.14. The van der Waals surface area contributed by atoms with Crippen LogP contribution in [0.5, 0.6) is 0 Å². The molecule has 160 valence electrons. The summed E-state index contributed by atoms with van der Waals surface area (Å²) >= 11 is 0. The van der Waals surface area contributed by atoms with Gasteiger partial charge in [0, 0.05) is 39.1 Å². The second-order valence-corrected chi connectivity index (χ2v) is 7.30. The molecule has 1 unspecified atom stereocenters. The third-order valence-corrected chi connectivity index (χ3v) is 5.39. The lowest BCUT2D eigenvalue weighted by atomic mass is 9.98. The number of nitrogens with zero attached hydrogens (tertiary/aromatic N) is 3. The first-order chi connectivity index (χ1) is 13.8. The molecule has 7 heteroatoms. The molecule has 2 N–H and O–H groups in total. The van der Waals surface area contributed by atoms with Crippen LogP contribution in [0.4, 0.5) is 0 Å². The van der Waals surface area contributed by atoms with Gasteiger partial charge in [0.05, 0.1) is 11.8 Å². The van der Waals surface area contributed by atoms with Crippen molar-refractivity contribution in [2.75, 3.05) is 20.2 Å². The number of ether oxygens (including phenoxy) is 1. The summed E-state index contributed by atoms with van der Waals surface area (Å²) in [6.45, 7) is 4.47. The van der Waals surface area contributed by atoms with Crippen molar-refractivity contribution in [2.45, 2.75) is 51.7 Å². The van der Waals surface area contributed by atoms with Crippen molar-refractivity contribution in [2.24, 2.45) is 10.9 Å². The molecule has 0 saturated heterocycles. The van der Waals surface area contributed by atoms with Gasteiger partial charge in [0.2, 0.25) is 0 Å². The molecular weight excluding hydrogens is 477 g/mol. The number of halogens is 1. The summed E-state index contributed by atoms with van der Waals surface area (Å²) in [4.78, 5) is 4.35. The minimum atomic E-state index is 0. The lowest BCUT2D eigenvalue weighted by Crippen LogP contribution is -2.39. The molecule has 29 heavy (non-hydrogen) atoms. The number of benzene rings is 1. The highest BCUT2D eigenvalue weighted by atomic mass is 127. The van der Waals surface area contributed by atoms with Crippen molar-refractivity contribution >= 4 is 29.9 Å². The maximum atomic E-state index is 6.01. The zero-order chi connectivity index (χ0) is 19.6. The molecule has 1 aromatic heterocycles. The average molecular weight is 511 g/mol. The highest BCUT2D eigenvalue weighted by molar-refractivity contribution is 14.0. The van der Waals surface area contributed by atoms with Crippen molar-refractivity contribution in [3.8, 4) is 5.69 Å². The van der Waals surface area contributed by atoms with Gasteiger partial charge in [-0.3, -0.25) is 4.99 Å². The van der Waals surface area contributed by atoms with E-state index in [0.29, 0.717) is 12.6 Å². The number of nitrogens with one attached hydrogen (secondary N) is 2. The largest absolute Gasteiger partial charge is 0.378 e. The van der Waals surface area contributed by atoms with Gasteiger partial charge >= 0.3 is 0 Å². The van der Waals surface area contributed by atoms with Gasteiger partial charge in [-0.2, -0.15) is 5.10 Å². The van der Waals surface area contributed by atoms with Crippen LogP contribution < -0.4 is 10.6 Å². The highest BCUT2D eigenvalue weighted by Crippen LogP contribution is 2.30. The van der Waals surface area contributed by atoms with Gasteiger partial charge in [0.25, 0.3) is 0 Å². The molecule has 1 aromatic carbocycles. The molecule has 1 fully saturated rings. The van der Waals surface area contributed by atoms with Crippen molar-refractivity contribution in [3.63, 3.8) is 0 Å². The Balaban J connectivity index is 0.00000300. The number of aliphatic imine (C=N–C) groups is 1. The van der Waals surface area contributed by atoms with Gasteiger partial charge in [0.15, 0.2) is 5.96 Å². The van der Waals surface area contributed by atoms with E-state index in [0.717, 1.165) is 37.1 Å². The van der Waals surface area contributed by atoms with Gasteiger partial charge in [-0.15, -0.1) is 24.0 Å². The quantitative estimate of drug-likeness (QED) is 0.302. The van der Waals surface area contributed by atoms with Crippen LogP contribution in [0.15, 0.2) is 47.7 Å². The minimum absolute atomic E-state index is 0. The standard InChI is InChI=1S/C22H33N5O.HI/c1-3-28-21(19-9-4-5-10-19)12-14-24-22(23-2)25-17-18-8-6-11-20(16-18)27-15-7-13-26-27;/h6-8,11,13,15-16,19,21H,3-5,9-10,12,14,17H2,1-2H3,(H2,23,24,25);1H. The molecule has 1 aliphatic rings. The van der Waals surface area contributed by atoms with Gasteiger partial charge in [-0.05, 0) is 55.9 Å². The molecule has 0 amide bonds. The van der Waals surface area contributed by atoms with E-state index in [1.807, 2.05) is 24.0 Å². The zero-order valence-corrected chi connectivity index (χ0v) is 19.8. The second kappa shape index (κ2) is 12.8. The summed E-state index contributed by atoms with van der Waals surface area (Å²) in [6, 6.07) is 10.3. The molecule has 1 saturated carbocycles. The summed E-state index contributed by atoms with van der Waals surface area (Å²) < 4.78 is 7.88. The Morgan fingerprint density at radius 2 is 2.10 bits per heavy atom. The Bertz CT molecular complexity index is 729. The summed E-state index contributed by atoms with van der Waals surface area (Å²) in [6.07, 6.45) is 10.4. The fourth-order valence-corrected chi connectivity index (χ4v) is 3.97. The van der Waals surface area contributed by atoms with E-state index in [9.17, 15) is 0 Å². The Morgan fingerprint density at radius 1 is 1.28 bits per heavy atom. The first kappa shape index (κ1) is 23.7. The molecule has 6 nitrogen and oxygen atoms in total. The zero-order valence-electron chi connectivity index (χ0n) is 17.5. The molecular formula is C22H34IN5O. The maximum Gasteiger partial charge on any atom is 0.191 e. The van der Waals surface area contributed by atoms with Crippen LogP contribution in [0, 0.1) is 5.92 Å². The lowest BCUT2D eigenvalue weighted by molar-refractivity contribution is 0.0169. The Morgan fingerprint density at radius 3 is 2.79 bits per heavy atom. The van der Waals surface area contributed by atoms with Crippen LogP contribution >= 0.6 is 24.0 Å². The first-order valence-corrected chi connectivity index (χ1v) is 10.4. The monoisotopic (exact) mass is 511 g/mol. The molecule has 1 heterocycles. The van der Waals surface area contributed by atoms with E-state index in [1.54, 1.807) is 6.20 Å². The van der Waals surface area contributed by atoms with E-state index < -0.39 is 0 Å². The Hall–Kier alpha value is -1.61. The summed E-state index contributed by atoms with van der Waals surface area (Å²) in [7, 11) is 1.81. The first-order valence-electron chi connectivity index (χ1n) is 10.4. The van der Waals surface area contributed by atoms with Crippen molar-refractivity contribution in [1.29, 1.82) is 0 Å². The average Bonchev–Trinajstić information content (AvgIpc) is 3.44. The third-order valence-electron chi connectivity index (χ3n) is 5.39. The number of hydrogen-bond donors (Lipinski definition) is 2. The van der Waals surface area contributed by atoms with Gasteiger partial charge < -0.3 is 15.4 Å². The third kappa shape index (κ3) is 7.29. The second-order valence-electron chi connectivity index (χ2n) is 7.30. The predicted molar refractivity (Wildman–Crippen MR) is 129 cm³/mol. The van der Waals surface area contributed by atoms with Crippen LogP contribution in [0.2, 0.25) is 0 Å². The van der Waals surface area contributed by atoms with Gasteiger partial charge in [0.1, 0.15) is 0 Å². The summed E-state index contributed by atoms with van der Waals surface area (Å²) in [5.74, 6) is 1.55. The molecule has 0 bridgehead atoms. The molecule has 1 atom stereocenters. The van der Waals surface area contributed by atoms with Gasteiger partial charge in [-0.25, -0.2) is 4.68 Å². The van der Waals surface area contributed by atoms with E-state index >= 15 is 0 Å². The Kier molecular flexibility index (Phi) is 10.5. The van der Waals surface area contributed by atoms with E-state index in [-0.39, 0.29) is 24.0 Å². The molecule has 1 aliphatic carbocycles. The topological polar surface area (TPSA) is 63.5 Å². The fourth-order valence-electron chi connectivity index (χ4n) is 3.97. The van der Waals surface area contributed by atoms with Crippen LogP contribution in [0.25, 0.3) is 5.69 Å². The minimum Gasteiger partial charge on any atom is -0.378 e. The number of hydrogen-bond acceptors (Lipinski definition) is 3. The van der Waals surface area contributed by atoms with Crippen LogP contribution in [0.3, 0.4) is 0 Å². The normalized spacial score (nSPS) is 15.7. The maximum absolute atomic E-state index is 6.01. The molecule has 3 rings (SSSR count). The SMILES string of the molecule is CCOC(CCNC(=NC)NCc1cccc(-n2cccn2)c1)C1CCCC1.I. The fraction of sp³-hybridized carbons (Fsp3) is 0.545. The van der Waals surface area contributed by atoms with Crippen molar-refractivity contribution in [1.82, 2.24) is 20.4 Å². The highest BCUT2D eigenvalue weighted by Gasteiger charge is 2.25. The van der Waals surface area contributed by atoms with E-state index in [1.165, 1.54) is 31.2 Å². The Labute approximate surface area is 191 Å². The van der Waals surface area contributed by atoms with Crippen LogP contribution in [-0.4, -0.2) is 42.0 Å². The van der Waals surface area contributed by atoms with Crippen molar-refractivity contribution in [3.05, 3.63) is 48.3 Å². The summed E-state index contributed by atoms with van der Waals surface area (Å²) in [5.41, 5.74) is 2.25. The number of rotatable bonds is 9. The lowest BCUT2D eigenvalue weighted by Gasteiger charge is -2.24. The molecule has 0 radical (unpaired) electrons. The van der Waals surface area contributed by atoms with Crippen LogP contribution in [-0.2, 0) is 11.3 Å². The van der Waals surface area contributed by atoms with Crippen molar-refractivity contribution < 1.29 is 4.74 Å². The molecule has 0 aliphatic heterocycles. The smallest absolute Gasteiger partial charge is 0.191 e. The van der Waals surface area contributed by atoms with E-state index in [4.69, 9.17) is 4.74 Å². The summed E-state index contributed by atoms with van der Waals surface area (Å²) in [5, 5.41) is 11.1. The van der Waals surface area contributed by atoms with E-state index in [2.05, 4.69) is 51.9 Å². The number of aromatic nitrogens is 2. The van der Waals surface area contributed by atoms with Crippen LogP contribution in [0.1, 0.15) is 44.6 Å². The molecule has 0 spiro atoms. The van der Waals surface area contributed by atoms with Gasteiger partial charge in [-0.1, -0.05) is 25.0 Å². The number of guanidine groups is 1.